The van der Waals surface area contributed by atoms with E-state index < -0.39 is 17.9 Å². The van der Waals surface area contributed by atoms with Crippen molar-refractivity contribution in [2.75, 3.05) is 7.11 Å². The van der Waals surface area contributed by atoms with Crippen molar-refractivity contribution >= 4 is 17.7 Å². The highest BCUT2D eigenvalue weighted by Crippen LogP contribution is 2.04. The Kier molecular flexibility index (Phi) is 6.36. The number of hydrogen-bond donors (Lipinski definition) is 1. The standard InChI is InChI=1S/C14H18N2O4/c1-3-10(17)7-8-12(14(19)20-2)16-13(18)11-6-4-5-9-15-11/h4-6,9,12H,3,7-8H2,1-2H3,(H,16,18)/t12-/m1/s1. The van der Waals surface area contributed by atoms with Crippen LogP contribution in [0.2, 0.25) is 0 Å². The Morgan fingerprint density at radius 2 is 2.10 bits per heavy atom. The molecule has 6 heteroatoms. The van der Waals surface area contributed by atoms with Crippen molar-refractivity contribution in [2.24, 2.45) is 0 Å². The Balaban J connectivity index is 2.67. The summed E-state index contributed by atoms with van der Waals surface area (Å²) < 4.78 is 4.63. The summed E-state index contributed by atoms with van der Waals surface area (Å²) in [5.74, 6) is -1.01. The van der Waals surface area contributed by atoms with Crippen LogP contribution in [0.25, 0.3) is 0 Å². The quantitative estimate of drug-likeness (QED) is 0.755. The van der Waals surface area contributed by atoms with Gasteiger partial charge in [0, 0.05) is 19.0 Å². The van der Waals surface area contributed by atoms with Crippen LogP contribution in [0.3, 0.4) is 0 Å². The second-order valence-corrected chi connectivity index (χ2v) is 4.20. The molecule has 1 heterocycles. The number of ketones is 1. The van der Waals surface area contributed by atoms with Crippen molar-refractivity contribution in [3.63, 3.8) is 0 Å². The van der Waals surface area contributed by atoms with Crippen LogP contribution in [-0.2, 0) is 14.3 Å². The molecule has 0 saturated heterocycles. The second-order valence-electron chi connectivity index (χ2n) is 4.20. The van der Waals surface area contributed by atoms with E-state index in [4.69, 9.17) is 0 Å². The summed E-state index contributed by atoms with van der Waals surface area (Å²) >= 11 is 0. The fourth-order valence-electron chi connectivity index (χ4n) is 1.60. The largest absolute Gasteiger partial charge is 0.467 e. The molecule has 0 radical (unpaired) electrons. The lowest BCUT2D eigenvalue weighted by Crippen LogP contribution is -2.42. The summed E-state index contributed by atoms with van der Waals surface area (Å²) in [5, 5.41) is 2.54. The number of amides is 1. The normalized spacial score (nSPS) is 11.5. The average molecular weight is 278 g/mol. The van der Waals surface area contributed by atoms with Crippen LogP contribution in [0, 0.1) is 0 Å². The maximum Gasteiger partial charge on any atom is 0.328 e. The molecule has 1 N–H and O–H groups in total. The number of carbonyl (C=O) groups excluding carboxylic acids is 3. The number of aromatic nitrogens is 1. The van der Waals surface area contributed by atoms with Gasteiger partial charge in [-0.25, -0.2) is 4.79 Å². The predicted octanol–water partition coefficient (Wildman–Crippen LogP) is 1.11. The summed E-state index contributed by atoms with van der Waals surface area (Å²) in [4.78, 5) is 38.7. The summed E-state index contributed by atoms with van der Waals surface area (Å²) in [6.07, 6.45) is 2.33. The fraction of sp³-hybridized carbons (Fsp3) is 0.429. The number of carbonyl (C=O) groups is 3. The maximum absolute atomic E-state index is 11.9. The average Bonchev–Trinajstić information content (AvgIpc) is 2.50. The van der Waals surface area contributed by atoms with E-state index in [-0.39, 0.29) is 24.3 Å². The molecule has 0 unspecified atom stereocenters. The monoisotopic (exact) mass is 278 g/mol. The molecule has 1 amide bonds. The molecule has 0 aliphatic carbocycles. The van der Waals surface area contributed by atoms with Gasteiger partial charge in [-0.3, -0.25) is 14.6 Å². The van der Waals surface area contributed by atoms with E-state index in [2.05, 4.69) is 15.0 Å². The predicted molar refractivity (Wildman–Crippen MR) is 72.0 cm³/mol. The van der Waals surface area contributed by atoms with Gasteiger partial charge in [0.15, 0.2) is 0 Å². The van der Waals surface area contributed by atoms with Gasteiger partial charge in [-0.15, -0.1) is 0 Å². The van der Waals surface area contributed by atoms with Crippen LogP contribution >= 0.6 is 0 Å². The van der Waals surface area contributed by atoms with Crippen LogP contribution in [0.15, 0.2) is 24.4 Å². The zero-order chi connectivity index (χ0) is 15.0. The van der Waals surface area contributed by atoms with Crippen molar-refractivity contribution in [1.82, 2.24) is 10.3 Å². The molecule has 0 spiro atoms. The molecule has 0 aliphatic heterocycles. The Morgan fingerprint density at radius 3 is 2.65 bits per heavy atom. The third kappa shape index (κ3) is 4.79. The Labute approximate surface area is 117 Å². The number of ether oxygens (including phenoxy) is 1. The zero-order valence-corrected chi connectivity index (χ0v) is 11.6. The molecular formula is C14H18N2O4. The fourth-order valence-corrected chi connectivity index (χ4v) is 1.60. The van der Waals surface area contributed by atoms with E-state index >= 15 is 0 Å². The van der Waals surface area contributed by atoms with Gasteiger partial charge >= 0.3 is 5.97 Å². The van der Waals surface area contributed by atoms with E-state index in [0.29, 0.717) is 6.42 Å². The number of Topliss-reactive ketones (excluding diaryl/α,β-unsaturated/α-hetero) is 1. The molecule has 20 heavy (non-hydrogen) atoms. The highest BCUT2D eigenvalue weighted by molar-refractivity contribution is 5.95. The van der Waals surface area contributed by atoms with Crippen LogP contribution in [0.1, 0.15) is 36.7 Å². The number of rotatable bonds is 7. The molecule has 6 nitrogen and oxygen atoms in total. The molecule has 0 aromatic carbocycles. The molecule has 1 aromatic heterocycles. The van der Waals surface area contributed by atoms with Crippen molar-refractivity contribution < 1.29 is 19.1 Å². The number of nitrogens with zero attached hydrogens (tertiary/aromatic N) is 1. The minimum atomic E-state index is -0.843. The molecule has 108 valence electrons. The van der Waals surface area contributed by atoms with Gasteiger partial charge in [-0.05, 0) is 18.6 Å². The molecule has 1 rings (SSSR count). The second kappa shape index (κ2) is 8.04. The first-order valence-electron chi connectivity index (χ1n) is 6.40. The van der Waals surface area contributed by atoms with Crippen molar-refractivity contribution in [3.8, 4) is 0 Å². The molecule has 0 fully saturated rings. The van der Waals surface area contributed by atoms with Crippen molar-refractivity contribution in [1.29, 1.82) is 0 Å². The Bertz CT molecular complexity index is 473. The SMILES string of the molecule is CCC(=O)CC[C@@H](NC(=O)c1ccccn1)C(=O)OC. The zero-order valence-electron chi connectivity index (χ0n) is 11.6. The maximum atomic E-state index is 11.9. The summed E-state index contributed by atoms with van der Waals surface area (Å²) in [6, 6.07) is 4.07. The Hall–Kier alpha value is -2.24. The third-order valence-electron chi connectivity index (χ3n) is 2.79. The smallest absolute Gasteiger partial charge is 0.328 e. The van der Waals surface area contributed by atoms with Gasteiger partial charge in [0.1, 0.15) is 17.5 Å². The molecular weight excluding hydrogens is 260 g/mol. The van der Waals surface area contributed by atoms with Crippen LogP contribution in [0.5, 0.6) is 0 Å². The lowest BCUT2D eigenvalue weighted by Gasteiger charge is -2.15. The van der Waals surface area contributed by atoms with Gasteiger partial charge in [0.05, 0.1) is 7.11 Å². The number of methoxy groups -OCH3 is 1. The number of esters is 1. The van der Waals surface area contributed by atoms with Crippen molar-refractivity contribution in [2.45, 2.75) is 32.2 Å². The summed E-state index contributed by atoms with van der Waals surface area (Å²) in [7, 11) is 1.24. The molecule has 0 saturated carbocycles. The molecule has 1 atom stereocenters. The van der Waals surface area contributed by atoms with Gasteiger partial charge < -0.3 is 10.1 Å². The highest BCUT2D eigenvalue weighted by Gasteiger charge is 2.23. The van der Waals surface area contributed by atoms with E-state index in [1.165, 1.54) is 13.3 Å². The first kappa shape index (κ1) is 15.8. The van der Waals surface area contributed by atoms with Gasteiger partial charge in [-0.2, -0.15) is 0 Å². The van der Waals surface area contributed by atoms with Crippen molar-refractivity contribution in [3.05, 3.63) is 30.1 Å². The van der Waals surface area contributed by atoms with E-state index in [1.54, 1.807) is 25.1 Å². The minimum absolute atomic E-state index is 0.0333. The van der Waals surface area contributed by atoms with E-state index in [9.17, 15) is 14.4 Å². The first-order chi connectivity index (χ1) is 9.58. The van der Waals surface area contributed by atoms with E-state index in [0.717, 1.165) is 0 Å². The lowest BCUT2D eigenvalue weighted by atomic mass is 10.1. The molecule has 1 aromatic rings. The van der Waals surface area contributed by atoms with Gasteiger partial charge in [0.2, 0.25) is 0 Å². The highest BCUT2D eigenvalue weighted by atomic mass is 16.5. The van der Waals surface area contributed by atoms with Gasteiger partial charge in [-0.1, -0.05) is 13.0 Å². The number of pyridine rings is 1. The number of nitrogens with one attached hydrogen (secondary N) is 1. The molecule has 0 bridgehead atoms. The topological polar surface area (TPSA) is 85.4 Å². The van der Waals surface area contributed by atoms with E-state index in [1.807, 2.05) is 0 Å². The minimum Gasteiger partial charge on any atom is -0.467 e. The number of hydrogen-bond acceptors (Lipinski definition) is 5. The first-order valence-corrected chi connectivity index (χ1v) is 6.40. The molecule has 0 aliphatic rings. The van der Waals surface area contributed by atoms with Crippen LogP contribution in [-0.4, -0.2) is 35.8 Å². The Morgan fingerprint density at radius 1 is 1.35 bits per heavy atom. The summed E-state index contributed by atoms with van der Waals surface area (Å²) in [6.45, 7) is 1.75. The van der Waals surface area contributed by atoms with Crippen LogP contribution < -0.4 is 5.32 Å². The van der Waals surface area contributed by atoms with Crippen LogP contribution in [0.4, 0.5) is 0 Å². The van der Waals surface area contributed by atoms with Gasteiger partial charge in [0.25, 0.3) is 5.91 Å². The third-order valence-corrected chi connectivity index (χ3v) is 2.79. The lowest BCUT2D eigenvalue weighted by molar-refractivity contribution is -0.143. The summed E-state index contributed by atoms with van der Waals surface area (Å²) in [5.41, 5.74) is 0.211.